The summed E-state index contributed by atoms with van der Waals surface area (Å²) >= 11 is 12.0. The van der Waals surface area contributed by atoms with Crippen LogP contribution in [0.15, 0.2) is 42.5 Å². The van der Waals surface area contributed by atoms with Gasteiger partial charge in [0.1, 0.15) is 12.0 Å². The lowest BCUT2D eigenvalue weighted by Gasteiger charge is -2.13. The van der Waals surface area contributed by atoms with Crippen molar-refractivity contribution in [3.8, 4) is 5.75 Å². The molecule has 22 heavy (non-hydrogen) atoms. The van der Waals surface area contributed by atoms with E-state index in [1.807, 2.05) is 30.3 Å². The van der Waals surface area contributed by atoms with Gasteiger partial charge in [0, 0.05) is 0 Å². The van der Waals surface area contributed by atoms with E-state index in [1.165, 1.54) is 12.8 Å². The number of hydrogen-bond donors (Lipinski definition) is 0. The highest BCUT2D eigenvalue weighted by Crippen LogP contribution is 2.31. The molecule has 2 nitrogen and oxygen atoms in total. The van der Waals surface area contributed by atoms with E-state index in [4.69, 9.17) is 27.9 Å². The summed E-state index contributed by atoms with van der Waals surface area (Å²) in [6.07, 6.45) is 3.45. The Labute approximate surface area is 140 Å². The van der Waals surface area contributed by atoms with Gasteiger partial charge in [-0.15, -0.1) is 0 Å². The lowest BCUT2D eigenvalue weighted by molar-refractivity contribution is -0.108. The molecule has 0 radical (unpaired) electrons. The van der Waals surface area contributed by atoms with Crippen molar-refractivity contribution >= 4 is 29.5 Å². The minimum Gasteiger partial charge on any atom is -0.493 e. The summed E-state index contributed by atoms with van der Waals surface area (Å²) in [5, 5.41) is 0.939. The van der Waals surface area contributed by atoms with Crippen molar-refractivity contribution in [1.29, 1.82) is 0 Å². The normalized spacial score (nSPS) is 15.4. The number of halogens is 2. The molecule has 4 heteroatoms. The quantitative estimate of drug-likeness (QED) is 0.686. The molecule has 0 heterocycles. The largest absolute Gasteiger partial charge is 0.493 e. The molecule has 1 aliphatic rings. The Hall–Kier alpha value is -1.51. The average molecular weight is 335 g/mol. The van der Waals surface area contributed by atoms with E-state index in [0.29, 0.717) is 10.0 Å². The summed E-state index contributed by atoms with van der Waals surface area (Å²) in [4.78, 5) is 11.5. The van der Waals surface area contributed by atoms with Gasteiger partial charge in [0.05, 0.1) is 22.6 Å². The standard InChI is InChI=1S/C18H16Cl2O2/c19-17-8-5-14(9-18(17)20)16(10-21)13-3-6-15(7-4-13)22-11-12-1-2-12/h3-10,12,16H,1-2,11H2. The van der Waals surface area contributed by atoms with E-state index in [0.717, 1.165) is 35.7 Å². The summed E-state index contributed by atoms with van der Waals surface area (Å²) in [6, 6.07) is 12.9. The summed E-state index contributed by atoms with van der Waals surface area (Å²) in [5.74, 6) is 1.21. The molecule has 1 atom stereocenters. The molecule has 0 bridgehead atoms. The van der Waals surface area contributed by atoms with Crippen molar-refractivity contribution in [2.75, 3.05) is 6.61 Å². The van der Waals surface area contributed by atoms with Crippen molar-refractivity contribution in [3.63, 3.8) is 0 Å². The zero-order chi connectivity index (χ0) is 15.5. The molecule has 1 unspecified atom stereocenters. The van der Waals surface area contributed by atoms with Crippen LogP contribution in [0.5, 0.6) is 5.75 Å². The second-order valence-corrected chi connectivity index (χ2v) is 6.43. The average Bonchev–Trinajstić information content (AvgIpc) is 3.35. The summed E-state index contributed by atoms with van der Waals surface area (Å²) in [5.41, 5.74) is 1.74. The Morgan fingerprint density at radius 3 is 2.32 bits per heavy atom. The van der Waals surface area contributed by atoms with Gasteiger partial charge in [-0.2, -0.15) is 0 Å². The monoisotopic (exact) mass is 334 g/mol. The zero-order valence-electron chi connectivity index (χ0n) is 12.0. The van der Waals surface area contributed by atoms with E-state index in [2.05, 4.69) is 0 Å². The first-order chi connectivity index (χ1) is 10.7. The van der Waals surface area contributed by atoms with Crippen LogP contribution in [-0.4, -0.2) is 12.9 Å². The number of carbonyl (C=O) groups excluding carboxylic acids is 1. The lowest BCUT2D eigenvalue weighted by Crippen LogP contribution is -2.03. The number of benzene rings is 2. The van der Waals surface area contributed by atoms with Gasteiger partial charge in [-0.25, -0.2) is 0 Å². The maximum Gasteiger partial charge on any atom is 0.131 e. The van der Waals surface area contributed by atoms with Gasteiger partial charge < -0.3 is 9.53 Å². The van der Waals surface area contributed by atoms with Gasteiger partial charge in [-0.1, -0.05) is 41.4 Å². The molecule has 3 rings (SSSR count). The van der Waals surface area contributed by atoms with Gasteiger partial charge in [0.15, 0.2) is 0 Å². The molecule has 0 aromatic heterocycles. The van der Waals surface area contributed by atoms with Crippen molar-refractivity contribution in [3.05, 3.63) is 63.6 Å². The van der Waals surface area contributed by atoms with Gasteiger partial charge in [0.2, 0.25) is 0 Å². The van der Waals surface area contributed by atoms with E-state index in [1.54, 1.807) is 12.1 Å². The first-order valence-corrected chi connectivity index (χ1v) is 8.06. The Morgan fingerprint density at radius 1 is 1.05 bits per heavy atom. The Balaban J connectivity index is 1.77. The van der Waals surface area contributed by atoms with Crippen LogP contribution >= 0.6 is 23.2 Å². The highest BCUT2D eigenvalue weighted by atomic mass is 35.5. The zero-order valence-corrected chi connectivity index (χ0v) is 13.5. The van der Waals surface area contributed by atoms with Gasteiger partial charge in [0.25, 0.3) is 0 Å². The molecule has 1 fully saturated rings. The van der Waals surface area contributed by atoms with Crippen LogP contribution in [0.2, 0.25) is 10.0 Å². The first kappa shape index (κ1) is 15.4. The summed E-state index contributed by atoms with van der Waals surface area (Å²) in [6.45, 7) is 0.781. The number of rotatable bonds is 6. The van der Waals surface area contributed by atoms with Crippen LogP contribution in [0, 0.1) is 5.92 Å². The Morgan fingerprint density at radius 2 is 1.73 bits per heavy atom. The fourth-order valence-corrected chi connectivity index (χ4v) is 2.63. The molecule has 0 aliphatic heterocycles. The number of ether oxygens (including phenoxy) is 1. The SMILES string of the molecule is O=CC(c1ccc(OCC2CC2)cc1)c1ccc(Cl)c(Cl)c1. The van der Waals surface area contributed by atoms with Gasteiger partial charge in [-0.3, -0.25) is 0 Å². The minimum absolute atomic E-state index is 0.354. The minimum atomic E-state index is -0.354. The fraction of sp³-hybridized carbons (Fsp3) is 0.278. The number of hydrogen-bond acceptors (Lipinski definition) is 2. The topological polar surface area (TPSA) is 26.3 Å². The second-order valence-electron chi connectivity index (χ2n) is 5.61. The third-order valence-corrected chi connectivity index (χ3v) is 4.60. The maximum atomic E-state index is 11.5. The lowest BCUT2D eigenvalue weighted by atomic mass is 9.93. The van der Waals surface area contributed by atoms with Crippen molar-refractivity contribution in [2.24, 2.45) is 5.92 Å². The van der Waals surface area contributed by atoms with E-state index >= 15 is 0 Å². The third-order valence-electron chi connectivity index (χ3n) is 3.86. The predicted molar refractivity (Wildman–Crippen MR) is 89.0 cm³/mol. The Kier molecular flexibility index (Phi) is 4.70. The van der Waals surface area contributed by atoms with Crippen molar-refractivity contribution in [1.82, 2.24) is 0 Å². The van der Waals surface area contributed by atoms with E-state index < -0.39 is 0 Å². The van der Waals surface area contributed by atoms with Crippen LogP contribution in [0.1, 0.15) is 29.9 Å². The van der Waals surface area contributed by atoms with Crippen LogP contribution in [0.25, 0.3) is 0 Å². The summed E-state index contributed by atoms with van der Waals surface area (Å²) < 4.78 is 5.71. The summed E-state index contributed by atoms with van der Waals surface area (Å²) in [7, 11) is 0. The van der Waals surface area contributed by atoms with Gasteiger partial charge >= 0.3 is 0 Å². The number of carbonyl (C=O) groups is 1. The molecule has 0 amide bonds. The molecule has 0 N–H and O–H groups in total. The Bertz CT molecular complexity index is 663. The first-order valence-electron chi connectivity index (χ1n) is 7.30. The molecular weight excluding hydrogens is 319 g/mol. The smallest absolute Gasteiger partial charge is 0.131 e. The highest BCUT2D eigenvalue weighted by molar-refractivity contribution is 6.42. The molecule has 0 saturated heterocycles. The van der Waals surface area contributed by atoms with Crippen molar-refractivity contribution in [2.45, 2.75) is 18.8 Å². The van der Waals surface area contributed by atoms with E-state index in [9.17, 15) is 4.79 Å². The molecule has 114 valence electrons. The molecule has 2 aromatic rings. The van der Waals surface area contributed by atoms with Crippen LogP contribution < -0.4 is 4.74 Å². The molecule has 1 saturated carbocycles. The predicted octanol–water partition coefficient (Wildman–Crippen LogP) is 5.11. The maximum absolute atomic E-state index is 11.5. The van der Waals surface area contributed by atoms with Crippen molar-refractivity contribution < 1.29 is 9.53 Å². The van der Waals surface area contributed by atoms with Crippen LogP contribution in [0.4, 0.5) is 0 Å². The molecular formula is C18H16Cl2O2. The molecule has 0 spiro atoms. The highest BCUT2D eigenvalue weighted by Gasteiger charge is 2.22. The fourth-order valence-electron chi connectivity index (χ4n) is 2.33. The van der Waals surface area contributed by atoms with E-state index in [-0.39, 0.29) is 5.92 Å². The third kappa shape index (κ3) is 3.63. The van der Waals surface area contributed by atoms with Crippen LogP contribution in [0.3, 0.4) is 0 Å². The van der Waals surface area contributed by atoms with Gasteiger partial charge in [-0.05, 0) is 54.2 Å². The van der Waals surface area contributed by atoms with Crippen LogP contribution in [-0.2, 0) is 4.79 Å². The molecule has 1 aliphatic carbocycles. The second kappa shape index (κ2) is 6.72. The molecule has 2 aromatic carbocycles. The number of aldehydes is 1.